The molecule has 2 aliphatic heterocycles. The lowest BCUT2D eigenvalue weighted by Gasteiger charge is -2.39. The first-order chi connectivity index (χ1) is 14.3. The van der Waals surface area contributed by atoms with Crippen LogP contribution in [-0.4, -0.2) is 67.0 Å². The van der Waals surface area contributed by atoms with Crippen LogP contribution >= 0.6 is 0 Å². The van der Waals surface area contributed by atoms with Gasteiger partial charge in [0.15, 0.2) is 0 Å². The summed E-state index contributed by atoms with van der Waals surface area (Å²) in [5, 5.41) is 2.98. The molecule has 2 heterocycles. The van der Waals surface area contributed by atoms with Gasteiger partial charge in [-0.2, -0.15) is 13.2 Å². The number of nitrogens with zero attached hydrogens (tertiary/aromatic N) is 3. The summed E-state index contributed by atoms with van der Waals surface area (Å²) in [6.07, 6.45) is -0.950. The van der Waals surface area contributed by atoms with E-state index in [4.69, 9.17) is 0 Å². The molecule has 0 atom stereocenters. The highest BCUT2D eigenvalue weighted by Gasteiger charge is 2.34. The van der Waals surface area contributed by atoms with Crippen molar-refractivity contribution < 1.29 is 22.8 Å². The third kappa shape index (κ3) is 4.82. The Bertz CT molecular complexity index is 781. The summed E-state index contributed by atoms with van der Waals surface area (Å²) in [5.41, 5.74) is -0.122. The Morgan fingerprint density at radius 1 is 0.900 bits per heavy atom. The number of urea groups is 1. The van der Waals surface area contributed by atoms with Gasteiger partial charge in [-0.1, -0.05) is 6.07 Å². The minimum atomic E-state index is -4.36. The van der Waals surface area contributed by atoms with Gasteiger partial charge in [0.05, 0.1) is 5.56 Å². The Kier molecular flexibility index (Phi) is 5.79. The van der Waals surface area contributed by atoms with Crippen LogP contribution in [0.25, 0.3) is 0 Å². The Morgan fingerprint density at radius 3 is 2.17 bits per heavy atom. The number of nitrogens with one attached hydrogen (secondary N) is 1. The standard InChI is InChI=1S/C21H27F3N4O2/c22-21(23,24)16-2-1-3-18(14-16)26-10-12-27(13-11-26)19(29)15-6-8-28(9-7-15)20(30)25-17-4-5-17/h1-3,14-15,17H,4-13H2,(H,25,30). The van der Waals surface area contributed by atoms with Crippen LogP contribution in [0.15, 0.2) is 24.3 Å². The molecule has 30 heavy (non-hydrogen) atoms. The third-order valence-electron chi connectivity index (χ3n) is 6.17. The number of carbonyl (C=O) groups excluding carboxylic acids is 2. The lowest BCUT2D eigenvalue weighted by molar-refractivity contribution is -0.138. The molecule has 164 valence electrons. The second-order valence-corrected chi connectivity index (χ2v) is 8.35. The number of rotatable bonds is 3. The van der Waals surface area contributed by atoms with E-state index in [1.165, 1.54) is 12.1 Å². The summed E-state index contributed by atoms with van der Waals surface area (Å²) >= 11 is 0. The third-order valence-corrected chi connectivity index (χ3v) is 6.17. The van der Waals surface area contributed by atoms with Gasteiger partial charge in [0.1, 0.15) is 0 Å². The monoisotopic (exact) mass is 424 g/mol. The minimum absolute atomic E-state index is 0.0295. The Hall–Kier alpha value is -2.45. The normalized spacial score (nSPS) is 21.0. The van der Waals surface area contributed by atoms with Crippen molar-refractivity contribution in [3.05, 3.63) is 29.8 Å². The molecule has 0 aromatic heterocycles. The SMILES string of the molecule is O=C(NC1CC1)N1CCC(C(=O)N2CCN(c3cccc(C(F)(F)F)c3)CC2)CC1. The van der Waals surface area contributed by atoms with Crippen LogP contribution in [0, 0.1) is 5.92 Å². The molecule has 1 aliphatic carbocycles. The second-order valence-electron chi connectivity index (χ2n) is 8.35. The molecule has 0 unspecified atom stereocenters. The number of hydrogen-bond donors (Lipinski definition) is 1. The molecule has 1 N–H and O–H groups in total. The van der Waals surface area contributed by atoms with Crippen molar-refractivity contribution in [3.63, 3.8) is 0 Å². The van der Waals surface area contributed by atoms with Crippen LogP contribution in [0.2, 0.25) is 0 Å². The second kappa shape index (κ2) is 8.35. The summed E-state index contributed by atoms with van der Waals surface area (Å²) < 4.78 is 38.9. The molecule has 1 saturated carbocycles. The maximum absolute atomic E-state index is 13.0. The van der Waals surface area contributed by atoms with Gasteiger partial charge in [0, 0.05) is 56.9 Å². The smallest absolute Gasteiger partial charge is 0.368 e. The zero-order valence-electron chi connectivity index (χ0n) is 16.8. The van der Waals surface area contributed by atoms with E-state index in [9.17, 15) is 22.8 Å². The molecule has 0 radical (unpaired) electrons. The molecule has 0 bridgehead atoms. The fourth-order valence-electron chi connectivity index (χ4n) is 4.15. The average Bonchev–Trinajstić information content (AvgIpc) is 3.57. The number of piperazine rings is 1. The molecular formula is C21H27F3N4O2. The quantitative estimate of drug-likeness (QED) is 0.812. The molecular weight excluding hydrogens is 397 g/mol. The molecule has 1 aromatic rings. The van der Waals surface area contributed by atoms with Crippen molar-refractivity contribution in [3.8, 4) is 0 Å². The molecule has 0 spiro atoms. The van der Waals surface area contributed by atoms with Crippen LogP contribution < -0.4 is 10.2 Å². The number of piperidine rings is 1. The topological polar surface area (TPSA) is 55.9 Å². The predicted octanol–water partition coefficient (Wildman–Crippen LogP) is 2.94. The van der Waals surface area contributed by atoms with Gasteiger partial charge in [-0.05, 0) is 43.9 Å². The highest BCUT2D eigenvalue weighted by atomic mass is 19.4. The van der Waals surface area contributed by atoms with Gasteiger partial charge in [-0.25, -0.2) is 4.79 Å². The van der Waals surface area contributed by atoms with Crippen LogP contribution in [0.5, 0.6) is 0 Å². The molecule has 1 aromatic carbocycles. The van der Waals surface area contributed by atoms with E-state index >= 15 is 0 Å². The summed E-state index contributed by atoms with van der Waals surface area (Å²) in [6.45, 7) is 3.18. The van der Waals surface area contributed by atoms with Crippen molar-refractivity contribution in [2.75, 3.05) is 44.2 Å². The lowest BCUT2D eigenvalue weighted by Crippen LogP contribution is -2.52. The number of halogens is 3. The van der Waals surface area contributed by atoms with Crippen molar-refractivity contribution in [1.29, 1.82) is 0 Å². The summed E-state index contributed by atoms with van der Waals surface area (Å²) in [6, 6.07) is 5.63. The average molecular weight is 424 g/mol. The van der Waals surface area contributed by atoms with Gasteiger partial charge in [0.2, 0.25) is 5.91 Å². The Morgan fingerprint density at radius 2 is 1.57 bits per heavy atom. The molecule has 3 amide bonds. The van der Waals surface area contributed by atoms with Crippen molar-refractivity contribution >= 4 is 17.6 Å². The maximum Gasteiger partial charge on any atom is 0.416 e. The van der Waals surface area contributed by atoms with E-state index in [0.29, 0.717) is 63.8 Å². The van der Waals surface area contributed by atoms with Gasteiger partial charge in [-0.15, -0.1) is 0 Å². The molecule has 2 saturated heterocycles. The fourth-order valence-corrected chi connectivity index (χ4v) is 4.15. The first-order valence-corrected chi connectivity index (χ1v) is 10.6. The largest absolute Gasteiger partial charge is 0.416 e. The Balaban J connectivity index is 1.26. The molecule has 3 aliphatic rings. The van der Waals surface area contributed by atoms with Crippen LogP contribution in [-0.2, 0) is 11.0 Å². The maximum atomic E-state index is 13.0. The van der Waals surface area contributed by atoms with Crippen LogP contribution in [0.3, 0.4) is 0 Å². The van der Waals surface area contributed by atoms with E-state index in [1.54, 1.807) is 11.0 Å². The minimum Gasteiger partial charge on any atom is -0.368 e. The first-order valence-electron chi connectivity index (χ1n) is 10.6. The molecule has 6 nitrogen and oxygen atoms in total. The van der Waals surface area contributed by atoms with Gasteiger partial charge in [0.25, 0.3) is 0 Å². The molecule has 9 heteroatoms. The number of likely N-dealkylation sites (tertiary alicyclic amines) is 1. The Labute approximate surface area is 174 Å². The van der Waals surface area contributed by atoms with Crippen molar-refractivity contribution in [2.24, 2.45) is 5.92 Å². The van der Waals surface area contributed by atoms with E-state index in [1.807, 2.05) is 9.80 Å². The number of amides is 3. The zero-order chi connectivity index (χ0) is 21.3. The van der Waals surface area contributed by atoms with Crippen molar-refractivity contribution in [1.82, 2.24) is 15.1 Å². The van der Waals surface area contributed by atoms with E-state index in [-0.39, 0.29) is 17.9 Å². The zero-order valence-corrected chi connectivity index (χ0v) is 16.8. The van der Waals surface area contributed by atoms with E-state index < -0.39 is 11.7 Å². The summed E-state index contributed by atoms with van der Waals surface area (Å²) in [5.74, 6) is 0.0102. The number of benzene rings is 1. The number of anilines is 1. The lowest BCUT2D eigenvalue weighted by atomic mass is 9.95. The van der Waals surface area contributed by atoms with Crippen molar-refractivity contribution in [2.45, 2.75) is 37.9 Å². The number of hydrogen-bond acceptors (Lipinski definition) is 3. The molecule has 4 rings (SSSR count). The first kappa shape index (κ1) is 20.8. The van der Waals surface area contributed by atoms with E-state index in [0.717, 1.165) is 18.9 Å². The van der Waals surface area contributed by atoms with Crippen LogP contribution in [0.1, 0.15) is 31.2 Å². The van der Waals surface area contributed by atoms with Gasteiger partial charge in [-0.3, -0.25) is 4.79 Å². The van der Waals surface area contributed by atoms with Crippen LogP contribution in [0.4, 0.5) is 23.7 Å². The van der Waals surface area contributed by atoms with E-state index in [2.05, 4.69) is 5.32 Å². The summed E-state index contributed by atoms with van der Waals surface area (Å²) in [7, 11) is 0. The highest BCUT2D eigenvalue weighted by molar-refractivity contribution is 5.80. The highest BCUT2D eigenvalue weighted by Crippen LogP contribution is 2.32. The van der Waals surface area contributed by atoms with Gasteiger partial charge >= 0.3 is 12.2 Å². The summed E-state index contributed by atoms with van der Waals surface area (Å²) in [4.78, 5) is 30.5. The number of carbonyl (C=O) groups is 2. The van der Waals surface area contributed by atoms with Gasteiger partial charge < -0.3 is 20.0 Å². The predicted molar refractivity (Wildman–Crippen MR) is 106 cm³/mol. The fraction of sp³-hybridized carbons (Fsp3) is 0.619. The molecule has 3 fully saturated rings. The number of alkyl halides is 3.